The number of aromatic nitrogens is 1. The van der Waals surface area contributed by atoms with Gasteiger partial charge in [-0.15, -0.1) is 0 Å². The third-order valence-corrected chi connectivity index (χ3v) is 3.08. The van der Waals surface area contributed by atoms with Crippen molar-refractivity contribution in [3.63, 3.8) is 0 Å². The molecule has 3 N–H and O–H groups in total. The number of carbonyl (C=O) groups excluding carboxylic acids is 1. The van der Waals surface area contributed by atoms with Gasteiger partial charge in [0.1, 0.15) is 0 Å². The van der Waals surface area contributed by atoms with Crippen LogP contribution >= 0.6 is 0 Å². The summed E-state index contributed by atoms with van der Waals surface area (Å²) in [5.41, 5.74) is 1.58. The maximum absolute atomic E-state index is 12.0. The Morgan fingerprint density at radius 1 is 1.33 bits per heavy atom. The predicted octanol–water partition coefficient (Wildman–Crippen LogP) is 1.93. The van der Waals surface area contributed by atoms with Crippen molar-refractivity contribution in [1.29, 1.82) is 0 Å². The first-order chi connectivity index (χ1) is 10.1. The summed E-state index contributed by atoms with van der Waals surface area (Å²) in [7, 11) is 0. The Hall–Kier alpha value is -1.85. The standard InChI is InChI=1S/C16H22N2O3/c1-11(2)9-21-10-14(19)8-18-16(20)13-3-4-15-12(7-13)5-6-17-15/h3-7,11,14,17,19H,8-10H2,1-2H3,(H,18,20). The van der Waals surface area contributed by atoms with Gasteiger partial charge in [0, 0.05) is 35.8 Å². The Morgan fingerprint density at radius 2 is 2.14 bits per heavy atom. The highest BCUT2D eigenvalue weighted by atomic mass is 16.5. The van der Waals surface area contributed by atoms with E-state index in [9.17, 15) is 9.90 Å². The summed E-state index contributed by atoms with van der Waals surface area (Å²) in [6.45, 7) is 5.11. The van der Waals surface area contributed by atoms with Gasteiger partial charge in [0.2, 0.25) is 0 Å². The zero-order valence-electron chi connectivity index (χ0n) is 12.4. The molecule has 0 radical (unpaired) electrons. The SMILES string of the molecule is CC(C)COCC(O)CNC(=O)c1ccc2[nH]ccc2c1. The first kappa shape index (κ1) is 15.5. The van der Waals surface area contributed by atoms with E-state index in [4.69, 9.17) is 4.74 Å². The molecule has 0 saturated carbocycles. The number of nitrogens with one attached hydrogen (secondary N) is 2. The maximum Gasteiger partial charge on any atom is 0.251 e. The average molecular weight is 290 g/mol. The van der Waals surface area contributed by atoms with Crippen molar-refractivity contribution in [2.45, 2.75) is 20.0 Å². The number of aromatic amines is 1. The van der Waals surface area contributed by atoms with Gasteiger partial charge in [-0.05, 0) is 30.2 Å². The summed E-state index contributed by atoms with van der Waals surface area (Å²) in [5, 5.41) is 13.5. The van der Waals surface area contributed by atoms with Crippen molar-refractivity contribution in [2.75, 3.05) is 19.8 Å². The summed E-state index contributed by atoms with van der Waals surface area (Å²) >= 11 is 0. The van der Waals surface area contributed by atoms with Gasteiger partial charge < -0.3 is 20.1 Å². The van der Waals surface area contributed by atoms with Crippen molar-refractivity contribution < 1.29 is 14.6 Å². The number of fused-ring (bicyclic) bond motifs is 1. The molecule has 2 aromatic rings. The molecule has 5 nitrogen and oxygen atoms in total. The number of hydrogen-bond acceptors (Lipinski definition) is 3. The molecule has 1 aromatic carbocycles. The molecule has 1 amide bonds. The average Bonchev–Trinajstić information content (AvgIpc) is 2.91. The number of ether oxygens (including phenoxy) is 1. The highest BCUT2D eigenvalue weighted by Crippen LogP contribution is 2.14. The first-order valence-corrected chi connectivity index (χ1v) is 7.17. The minimum Gasteiger partial charge on any atom is -0.389 e. The smallest absolute Gasteiger partial charge is 0.251 e. The van der Waals surface area contributed by atoms with Crippen molar-refractivity contribution in [3.8, 4) is 0 Å². The first-order valence-electron chi connectivity index (χ1n) is 7.17. The minimum absolute atomic E-state index is 0.183. The molecule has 0 saturated heterocycles. The van der Waals surface area contributed by atoms with Gasteiger partial charge in [0.25, 0.3) is 5.91 Å². The monoisotopic (exact) mass is 290 g/mol. The summed E-state index contributed by atoms with van der Waals surface area (Å²) in [5.74, 6) is 0.237. The molecule has 1 heterocycles. The summed E-state index contributed by atoms with van der Waals surface area (Å²) < 4.78 is 5.34. The quantitative estimate of drug-likeness (QED) is 0.729. The molecular weight excluding hydrogens is 268 g/mol. The third-order valence-electron chi connectivity index (χ3n) is 3.08. The number of amides is 1. The van der Waals surface area contributed by atoms with Crippen LogP contribution in [0, 0.1) is 5.92 Å². The Kier molecular flexibility index (Phi) is 5.36. The van der Waals surface area contributed by atoms with Gasteiger partial charge in [0.05, 0.1) is 12.7 Å². The van der Waals surface area contributed by atoms with Crippen LogP contribution < -0.4 is 5.32 Å². The van der Waals surface area contributed by atoms with E-state index in [1.807, 2.05) is 38.2 Å². The van der Waals surface area contributed by atoms with E-state index in [1.54, 1.807) is 6.07 Å². The molecule has 0 bridgehead atoms. The van der Waals surface area contributed by atoms with E-state index < -0.39 is 6.10 Å². The molecular formula is C16H22N2O3. The van der Waals surface area contributed by atoms with Gasteiger partial charge >= 0.3 is 0 Å². The molecule has 0 fully saturated rings. The summed E-state index contributed by atoms with van der Waals surface area (Å²) in [6, 6.07) is 7.37. The topological polar surface area (TPSA) is 74.3 Å². The fourth-order valence-corrected chi connectivity index (χ4v) is 2.01. The second-order valence-corrected chi connectivity index (χ2v) is 5.57. The molecule has 0 spiro atoms. The van der Waals surface area contributed by atoms with Crippen molar-refractivity contribution in [3.05, 3.63) is 36.0 Å². The van der Waals surface area contributed by atoms with Gasteiger partial charge in [-0.25, -0.2) is 0 Å². The van der Waals surface area contributed by atoms with Gasteiger partial charge in [-0.1, -0.05) is 13.8 Å². The molecule has 114 valence electrons. The van der Waals surface area contributed by atoms with Gasteiger partial charge in [-0.2, -0.15) is 0 Å². The van der Waals surface area contributed by atoms with Crippen LogP contribution in [0.2, 0.25) is 0 Å². The molecule has 0 aliphatic carbocycles. The highest BCUT2D eigenvalue weighted by molar-refractivity contribution is 5.98. The molecule has 0 aliphatic rings. The van der Waals surface area contributed by atoms with E-state index in [-0.39, 0.29) is 19.1 Å². The van der Waals surface area contributed by atoms with Crippen LogP contribution in [0.25, 0.3) is 10.9 Å². The molecule has 21 heavy (non-hydrogen) atoms. The van der Waals surface area contributed by atoms with Crippen molar-refractivity contribution in [2.24, 2.45) is 5.92 Å². The predicted molar refractivity (Wildman–Crippen MR) is 82.3 cm³/mol. The molecule has 2 rings (SSSR count). The molecule has 1 aromatic heterocycles. The third kappa shape index (κ3) is 4.58. The van der Waals surface area contributed by atoms with Crippen LogP contribution in [-0.4, -0.2) is 41.9 Å². The Morgan fingerprint density at radius 3 is 2.90 bits per heavy atom. The highest BCUT2D eigenvalue weighted by Gasteiger charge is 2.10. The van der Waals surface area contributed by atoms with E-state index in [0.29, 0.717) is 18.1 Å². The minimum atomic E-state index is -0.691. The second kappa shape index (κ2) is 7.24. The Bertz CT molecular complexity index is 592. The number of carbonyl (C=O) groups is 1. The lowest BCUT2D eigenvalue weighted by Gasteiger charge is -2.13. The zero-order valence-corrected chi connectivity index (χ0v) is 12.4. The van der Waals surface area contributed by atoms with Crippen LogP contribution in [0.15, 0.2) is 30.5 Å². The van der Waals surface area contributed by atoms with Crippen molar-refractivity contribution in [1.82, 2.24) is 10.3 Å². The van der Waals surface area contributed by atoms with Crippen LogP contribution in [0.5, 0.6) is 0 Å². The fraction of sp³-hybridized carbons (Fsp3) is 0.438. The lowest BCUT2D eigenvalue weighted by atomic mass is 10.1. The zero-order chi connectivity index (χ0) is 15.2. The van der Waals surface area contributed by atoms with Crippen LogP contribution in [0.1, 0.15) is 24.2 Å². The number of benzene rings is 1. The lowest BCUT2D eigenvalue weighted by Crippen LogP contribution is -2.34. The van der Waals surface area contributed by atoms with E-state index >= 15 is 0 Å². The number of H-pyrrole nitrogens is 1. The number of rotatable bonds is 7. The normalized spacial score (nSPS) is 12.8. The van der Waals surface area contributed by atoms with E-state index in [2.05, 4.69) is 10.3 Å². The number of aliphatic hydroxyl groups excluding tert-OH is 1. The van der Waals surface area contributed by atoms with Crippen LogP contribution in [0.3, 0.4) is 0 Å². The Balaban J connectivity index is 1.81. The number of aliphatic hydroxyl groups is 1. The molecule has 0 aliphatic heterocycles. The lowest BCUT2D eigenvalue weighted by molar-refractivity contribution is 0.0259. The summed E-state index contributed by atoms with van der Waals surface area (Å²) in [6.07, 6.45) is 1.14. The second-order valence-electron chi connectivity index (χ2n) is 5.57. The summed E-state index contributed by atoms with van der Waals surface area (Å²) in [4.78, 5) is 15.1. The van der Waals surface area contributed by atoms with E-state index in [1.165, 1.54) is 0 Å². The Labute approximate surface area is 124 Å². The van der Waals surface area contributed by atoms with Gasteiger partial charge in [0.15, 0.2) is 0 Å². The fourth-order valence-electron chi connectivity index (χ4n) is 2.01. The molecule has 5 heteroatoms. The van der Waals surface area contributed by atoms with E-state index in [0.717, 1.165) is 10.9 Å². The van der Waals surface area contributed by atoms with Crippen LogP contribution in [0.4, 0.5) is 0 Å². The molecule has 1 atom stereocenters. The van der Waals surface area contributed by atoms with Crippen molar-refractivity contribution >= 4 is 16.8 Å². The van der Waals surface area contributed by atoms with Gasteiger partial charge in [-0.3, -0.25) is 4.79 Å². The molecule has 1 unspecified atom stereocenters. The largest absolute Gasteiger partial charge is 0.389 e. The van der Waals surface area contributed by atoms with Crippen LogP contribution in [-0.2, 0) is 4.74 Å². The maximum atomic E-state index is 12.0. The number of hydrogen-bond donors (Lipinski definition) is 3.